The van der Waals surface area contributed by atoms with Crippen molar-refractivity contribution in [3.05, 3.63) is 35.1 Å². The van der Waals surface area contributed by atoms with E-state index in [0.717, 1.165) is 13.1 Å². The minimum atomic E-state index is -0.977. The number of likely N-dealkylation sites (tertiary alicyclic amines) is 1. The normalized spacial score (nSPS) is 17.9. The largest absolute Gasteiger partial charge is 0.481 e. The Hall–Kier alpha value is -1.46. The van der Waals surface area contributed by atoms with Crippen molar-refractivity contribution < 1.29 is 14.3 Å². The van der Waals surface area contributed by atoms with Crippen LogP contribution in [0.1, 0.15) is 42.9 Å². The molecule has 0 radical (unpaired) electrons. The SMILES string of the molecule is NC(CC(=O)O)c1ccc(CN2CCCCC2)c(F)c1. The lowest BCUT2D eigenvalue weighted by atomic mass is 10.0. The van der Waals surface area contributed by atoms with Gasteiger partial charge in [-0.25, -0.2) is 4.39 Å². The number of halogens is 1. The number of hydrogen-bond acceptors (Lipinski definition) is 3. The van der Waals surface area contributed by atoms with Gasteiger partial charge in [-0.2, -0.15) is 0 Å². The third kappa shape index (κ3) is 4.02. The number of nitrogens with zero attached hydrogens (tertiary/aromatic N) is 1. The van der Waals surface area contributed by atoms with E-state index in [4.69, 9.17) is 10.8 Å². The molecule has 0 aliphatic carbocycles. The number of carbonyl (C=O) groups is 1. The second-order valence-electron chi connectivity index (χ2n) is 5.39. The molecule has 1 aromatic rings. The van der Waals surface area contributed by atoms with Crippen molar-refractivity contribution in [2.45, 2.75) is 38.3 Å². The Balaban J connectivity index is 2.03. The van der Waals surface area contributed by atoms with E-state index in [0.29, 0.717) is 17.7 Å². The maximum Gasteiger partial charge on any atom is 0.305 e. The van der Waals surface area contributed by atoms with Gasteiger partial charge in [-0.05, 0) is 37.6 Å². The van der Waals surface area contributed by atoms with Crippen molar-refractivity contribution in [3.8, 4) is 0 Å². The third-order valence-electron chi connectivity index (χ3n) is 3.74. The molecule has 110 valence electrons. The number of rotatable bonds is 5. The van der Waals surface area contributed by atoms with Gasteiger partial charge in [0.15, 0.2) is 0 Å². The minimum absolute atomic E-state index is 0.190. The molecule has 1 unspecified atom stereocenters. The average molecular weight is 280 g/mol. The van der Waals surface area contributed by atoms with Gasteiger partial charge >= 0.3 is 5.97 Å². The van der Waals surface area contributed by atoms with Crippen LogP contribution < -0.4 is 5.73 Å². The lowest BCUT2D eigenvalue weighted by Crippen LogP contribution is -2.29. The monoisotopic (exact) mass is 280 g/mol. The molecule has 0 amide bonds. The van der Waals surface area contributed by atoms with Crippen molar-refractivity contribution in [1.29, 1.82) is 0 Å². The summed E-state index contributed by atoms with van der Waals surface area (Å²) in [4.78, 5) is 12.9. The summed E-state index contributed by atoms with van der Waals surface area (Å²) in [6, 6.07) is 4.16. The molecule has 1 aliphatic rings. The number of aliphatic carboxylic acids is 1. The summed E-state index contributed by atoms with van der Waals surface area (Å²) in [5.41, 5.74) is 6.93. The first-order chi connectivity index (χ1) is 9.56. The van der Waals surface area contributed by atoms with Gasteiger partial charge in [0.1, 0.15) is 5.82 Å². The first-order valence-electron chi connectivity index (χ1n) is 7.04. The number of piperidine rings is 1. The van der Waals surface area contributed by atoms with E-state index in [2.05, 4.69) is 4.90 Å². The molecule has 1 saturated heterocycles. The zero-order chi connectivity index (χ0) is 14.5. The van der Waals surface area contributed by atoms with E-state index in [1.165, 1.54) is 25.3 Å². The van der Waals surface area contributed by atoms with Gasteiger partial charge in [0, 0.05) is 18.2 Å². The zero-order valence-corrected chi connectivity index (χ0v) is 11.5. The topological polar surface area (TPSA) is 66.6 Å². The van der Waals surface area contributed by atoms with Crippen LogP contribution >= 0.6 is 0 Å². The molecule has 2 rings (SSSR count). The van der Waals surface area contributed by atoms with Crippen LogP contribution in [0.15, 0.2) is 18.2 Å². The lowest BCUT2D eigenvalue weighted by molar-refractivity contribution is -0.137. The highest BCUT2D eigenvalue weighted by atomic mass is 19.1. The van der Waals surface area contributed by atoms with Crippen LogP contribution in [-0.2, 0) is 11.3 Å². The Bertz CT molecular complexity index is 473. The molecule has 3 N–H and O–H groups in total. The van der Waals surface area contributed by atoms with Crippen molar-refractivity contribution in [1.82, 2.24) is 4.90 Å². The second-order valence-corrected chi connectivity index (χ2v) is 5.39. The molecular formula is C15H21FN2O2. The highest BCUT2D eigenvalue weighted by Gasteiger charge is 2.15. The van der Waals surface area contributed by atoms with Crippen LogP contribution in [0.4, 0.5) is 4.39 Å². The van der Waals surface area contributed by atoms with Crippen LogP contribution in [0.5, 0.6) is 0 Å². The zero-order valence-electron chi connectivity index (χ0n) is 11.5. The fourth-order valence-electron chi connectivity index (χ4n) is 2.59. The molecule has 5 heteroatoms. The van der Waals surface area contributed by atoms with Crippen LogP contribution in [0.3, 0.4) is 0 Å². The van der Waals surface area contributed by atoms with E-state index in [1.54, 1.807) is 12.1 Å². The summed E-state index contributed by atoms with van der Waals surface area (Å²) >= 11 is 0. The molecule has 0 aromatic heterocycles. The smallest absolute Gasteiger partial charge is 0.305 e. The fourth-order valence-corrected chi connectivity index (χ4v) is 2.59. The molecule has 1 heterocycles. The van der Waals surface area contributed by atoms with Crippen LogP contribution in [0, 0.1) is 5.82 Å². The second kappa shape index (κ2) is 6.81. The predicted octanol–water partition coefficient (Wildman–Crippen LogP) is 2.29. The quantitative estimate of drug-likeness (QED) is 0.868. The standard InChI is InChI=1S/C15H21FN2O2/c16-13-8-11(14(17)9-15(19)20)4-5-12(13)10-18-6-2-1-3-7-18/h4-5,8,14H,1-3,6-7,9-10,17H2,(H,19,20). The van der Waals surface area contributed by atoms with E-state index >= 15 is 0 Å². The van der Waals surface area contributed by atoms with Gasteiger partial charge < -0.3 is 10.8 Å². The summed E-state index contributed by atoms with van der Waals surface area (Å²) < 4.78 is 14.1. The van der Waals surface area contributed by atoms with E-state index in [-0.39, 0.29) is 12.2 Å². The number of carboxylic acids is 1. The Kier molecular flexibility index (Phi) is 5.09. The highest BCUT2D eigenvalue weighted by Crippen LogP contribution is 2.20. The summed E-state index contributed by atoms with van der Waals surface area (Å²) in [5, 5.41) is 8.71. The minimum Gasteiger partial charge on any atom is -0.481 e. The Morgan fingerprint density at radius 1 is 1.35 bits per heavy atom. The van der Waals surface area contributed by atoms with Gasteiger partial charge in [0.2, 0.25) is 0 Å². The molecule has 4 nitrogen and oxygen atoms in total. The van der Waals surface area contributed by atoms with Crippen LogP contribution in [0.25, 0.3) is 0 Å². The van der Waals surface area contributed by atoms with Crippen LogP contribution in [0.2, 0.25) is 0 Å². The number of hydrogen-bond donors (Lipinski definition) is 2. The van der Waals surface area contributed by atoms with E-state index in [1.807, 2.05) is 0 Å². The average Bonchev–Trinajstić information content (AvgIpc) is 2.41. The molecule has 0 bridgehead atoms. The predicted molar refractivity (Wildman–Crippen MR) is 74.7 cm³/mol. The maximum absolute atomic E-state index is 14.1. The van der Waals surface area contributed by atoms with Crippen molar-refractivity contribution >= 4 is 5.97 Å². The maximum atomic E-state index is 14.1. The number of benzene rings is 1. The molecule has 1 aromatic carbocycles. The summed E-state index contributed by atoms with van der Waals surface area (Å²) in [7, 11) is 0. The summed E-state index contributed by atoms with van der Waals surface area (Å²) in [6.07, 6.45) is 3.40. The molecule has 20 heavy (non-hydrogen) atoms. The van der Waals surface area contributed by atoms with Gasteiger partial charge in [-0.1, -0.05) is 18.6 Å². The Morgan fingerprint density at radius 3 is 2.65 bits per heavy atom. The van der Waals surface area contributed by atoms with Crippen LogP contribution in [-0.4, -0.2) is 29.1 Å². The van der Waals surface area contributed by atoms with Gasteiger partial charge in [0.25, 0.3) is 0 Å². The first kappa shape index (κ1) is 14.9. The van der Waals surface area contributed by atoms with Crippen molar-refractivity contribution in [2.24, 2.45) is 5.73 Å². The molecule has 1 aliphatic heterocycles. The van der Waals surface area contributed by atoms with E-state index in [9.17, 15) is 9.18 Å². The molecule has 0 saturated carbocycles. The summed E-state index contributed by atoms with van der Waals surface area (Å²) in [6.45, 7) is 2.64. The molecular weight excluding hydrogens is 259 g/mol. The van der Waals surface area contributed by atoms with Gasteiger partial charge in [0.05, 0.1) is 6.42 Å². The third-order valence-corrected chi connectivity index (χ3v) is 3.74. The Morgan fingerprint density at radius 2 is 2.05 bits per heavy atom. The molecule has 1 atom stereocenters. The molecule has 0 spiro atoms. The molecule has 1 fully saturated rings. The lowest BCUT2D eigenvalue weighted by Gasteiger charge is -2.26. The summed E-state index contributed by atoms with van der Waals surface area (Å²) in [5.74, 6) is -1.27. The van der Waals surface area contributed by atoms with Gasteiger partial charge in [-0.15, -0.1) is 0 Å². The van der Waals surface area contributed by atoms with Crippen molar-refractivity contribution in [2.75, 3.05) is 13.1 Å². The van der Waals surface area contributed by atoms with E-state index < -0.39 is 12.0 Å². The highest BCUT2D eigenvalue weighted by molar-refractivity contribution is 5.67. The Labute approximate surface area is 118 Å². The number of nitrogens with two attached hydrogens (primary N) is 1. The van der Waals surface area contributed by atoms with Gasteiger partial charge in [-0.3, -0.25) is 9.69 Å². The number of carboxylic acid groups (broad SMARTS) is 1. The fraction of sp³-hybridized carbons (Fsp3) is 0.533. The van der Waals surface area contributed by atoms with Crippen molar-refractivity contribution in [3.63, 3.8) is 0 Å². The first-order valence-corrected chi connectivity index (χ1v) is 7.04.